The molecule has 1 fully saturated rings. The van der Waals surface area contributed by atoms with Crippen molar-refractivity contribution < 1.29 is 13.6 Å². The van der Waals surface area contributed by atoms with Crippen LogP contribution in [0.3, 0.4) is 0 Å². The normalized spacial score (nSPS) is 21.3. The lowest BCUT2D eigenvalue weighted by Gasteiger charge is -2.34. The first-order chi connectivity index (χ1) is 10.4. The predicted molar refractivity (Wildman–Crippen MR) is 100 cm³/mol. The summed E-state index contributed by atoms with van der Waals surface area (Å²) in [6, 6.07) is 0. The number of hydrogen-bond donors (Lipinski definition) is 0. The van der Waals surface area contributed by atoms with E-state index in [4.69, 9.17) is 9.05 Å². The third kappa shape index (κ3) is 8.89. The van der Waals surface area contributed by atoms with Crippen LogP contribution in [0.5, 0.6) is 0 Å². The molecule has 1 unspecified atom stereocenters. The van der Waals surface area contributed by atoms with E-state index < -0.39 is 18.0 Å². The first kappa shape index (κ1) is 21.5. The molecule has 1 aliphatic rings. The first-order valence-electron chi connectivity index (χ1n) is 8.52. The second kappa shape index (κ2) is 8.68. The molecule has 7 heteroatoms. The van der Waals surface area contributed by atoms with Crippen LogP contribution < -0.4 is 0 Å². The molecule has 0 bridgehead atoms. The summed E-state index contributed by atoms with van der Waals surface area (Å²) in [4.78, 5) is 4.75. The van der Waals surface area contributed by atoms with E-state index in [9.17, 15) is 4.57 Å². The first-order valence-corrected chi connectivity index (χ1v) is 11.6. The summed E-state index contributed by atoms with van der Waals surface area (Å²) in [5.41, 5.74) is -0.929. The van der Waals surface area contributed by atoms with E-state index >= 15 is 0 Å². The third-order valence-electron chi connectivity index (χ3n) is 3.85. The zero-order valence-electron chi connectivity index (χ0n) is 15.9. The highest BCUT2D eigenvalue weighted by molar-refractivity contribution is 8.55. The summed E-state index contributed by atoms with van der Waals surface area (Å²) in [6.45, 7) is 13.8. The Kier molecular flexibility index (Phi) is 8.10. The quantitative estimate of drug-likeness (QED) is 0.603. The lowest BCUT2D eigenvalue weighted by atomic mass is 10.1. The highest BCUT2D eigenvalue weighted by Crippen LogP contribution is 2.64. The van der Waals surface area contributed by atoms with Crippen LogP contribution in [0.4, 0.5) is 0 Å². The van der Waals surface area contributed by atoms with Gasteiger partial charge in [-0.15, -0.1) is 0 Å². The van der Waals surface area contributed by atoms with Crippen LogP contribution in [0.1, 0.15) is 48.0 Å². The Bertz CT molecular complexity index is 405. The Labute approximate surface area is 146 Å². The van der Waals surface area contributed by atoms with Crippen LogP contribution in [-0.2, 0) is 13.6 Å². The summed E-state index contributed by atoms with van der Waals surface area (Å²) in [5, 5.41) is 0. The van der Waals surface area contributed by atoms with Crippen molar-refractivity contribution >= 4 is 18.2 Å². The van der Waals surface area contributed by atoms with Gasteiger partial charge in [0.15, 0.2) is 0 Å². The summed E-state index contributed by atoms with van der Waals surface area (Å²) in [6.07, 6.45) is 0.795. The van der Waals surface area contributed by atoms with E-state index in [0.717, 1.165) is 44.9 Å². The van der Waals surface area contributed by atoms with Gasteiger partial charge in [-0.25, -0.2) is 4.57 Å². The average molecular weight is 367 g/mol. The number of hydrogen-bond acceptors (Lipinski definition) is 6. The Morgan fingerprint density at radius 1 is 1.04 bits per heavy atom. The smallest absolute Gasteiger partial charge is 0.304 e. The summed E-state index contributed by atoms with van der Waals surface area (Å²) in [7, 11) is 2.15. The monoisotopic (exact) mass is 366 g/mol. The van der Waals surface area contributed by atoms with E-state index in [-0.39, 0.29) is 0 Å². The van der Waals surface area contributed by atoms with Gasteiger partial charge in [0.25, 0.3) is 0 Å². The van der Waals surface area contributed by atoms with Crippen molar-refractivity contribution in [3.05, 3.63) is 0 Å². The lowest BCUT2D eigenvalue weighted by molar-refractivity contribution is 0.0476. The second-order valence-corrected chi connectivity index (χ2v) is 11.9. The molecule has 23 heavy (non-hydrogen) atoms. The molecule has 0 aromatic heterocycles. The SMILES string of the molecule is CCC(C)(C)OP(=O)(OC(C)(C)C)SCCN1CCN(C)CC1. The molecule has 0 amide bonds. The van der Waals surface area contributed by atoms with Gasteiger partial charge in [0, 0.05) is 38.5 Å². The molecule has 0 aromatic carbocycles. The summed E-state index contributed by atoms with van der Waals surface area (Å²) < 4.78 is 25.0. The van der Waals surface area contributed by atoms with E-state index in [1.165, 1.54) is 11.4 Å². The molecule has 0 aliphatic carbocycles. The molecule has 1 heterocycles. The molecule has 1 rings (SSSR count). The zero-order valence-corrected chi connectivity index (χ0v) is 17.6. The minimum absolute atomic E-state index is 0.443. The van der Waals surface area contributed by atoms with Crippen LogP contribution in [0.25, 0.3) is 0 Å². The van der Waals surface area contributed by atoms with Crippen LogP contribution in [0.2, 0.25) is 0 Å². The Hall–Kier alpha value is 0.420. The molecule has 5 nitrogen and oxygen atoms in total. The highest BCUT2D eigenvalue weighted by Gasteiger charge is 2.37. The van der Waals surface area contributed by atoms with Crippen LogP contribution in [0.15, 0.2) is 0 Å². The summed E-state index contributed by atoms with van der Waals surface area (Å²) >= 11 is 1.34. The third-order valence-corrected chi connectivity index (χ3v) is 7.96. The van der Waals surface area contributed by atoms with Gasteiger partial charge in [-0.05, 0) is 59.5 Å². The molecule has 1 atom stereocenters. The van der Waals surface area contributed by atoms with Gasteiger partial charge in [-0.1, -0.05) is 6.92 Å². The van der Waals surface area contributed by atoms with E-state index in [0.29, 0.717) is 0 Å². The van der Waals surface area contributed by atoms with Gasteiger partial charge in [-0.3, -0.25) is 13.9 Å². The van der Waals surface area contributed by atoms with Gasteiger partial charge in [0.1, 0.15) is 0 Å². The van der Waals surface area contributed by atoms with Gasteiger partial charge in [-0.2, -0.15) is 0 Å². The minimum atomic E-state index is -3.18. The van der Waals surface area contributed by atoms with Crippen molar-refractivity contribution in [1.82, 2.24) is 9.80 Å². The van der Waals surface area contributed by atoms with Crippen molar-refractivity contribution in [3.8, 4) is 0 Å². The van der Waals surface area contributed by atoms with E-state index in [1.54, 1.807) is 0 Å². The topological polar surface area (TPSA) is 42.0 Å². The molecule has 138 valence electrons. The lowest BCUT2D eigenvalue weighted by Crippen LogP contribution is -2.45. The largest absolute Gasteiger partial charge is 0.390 e. The van der Waals surface area contributed by atoms with Gasteiger partial charge in [0.2, 0.25) is 0 Å². The fourth-order valence-electron chi connectivity index (χ4n) is 2.13. The summed E-state index contributed by atoms with van der Waals surface area (Å²) in [5.74, 6) is 0.761. The maximum absolute atomic E-state index is 13.2. The number of piperazine rings is 1. The van der Waals surface area contributed by atoms with Crippen LogP contribution in [0, 0.1) is 0 Å². The van der Waals surface area contributed by atoms with Gasteiger partial charge < -0.3 is 4.90 Å². The fraction of sp³-hybridized carbons (Fsp3) is 1.00. The van der Waals surface area contributed by atoms with Crippen molar-refractivity contribution in [2.24, 2.45) is 0 Å². The predicted octanol–water partition coefficient (Wildman–Crippen LogP) is 4.10. The van der Waals surface area contributed by atoms with Crippen molar-refractivity contribution in [1.29, 1.82) is 0 Å². The van der Waals surface area contributed by atoms with Crippen LogP contribution >= 0.6 is 18.2 Å². The van der Waals surface area contributed by atoms with Crippen molar-refractivity contribution in [2.45, 2.75) is 59.2 Å². The average Bonchev–Trinajstić information content (AvgIpc) is 2.38. The Balaban J connectivity index is 2.57. The Morgan fingerprint density at radius 2 is 1.61 bits per heavy atom. The second-order valence-electron chi connectivity index (χ2n) is 7.83. The fourth-order valence-corrected chi connectivity index (χ4v) is 6.75. The maximum Gasteiger partial charge on any atom is 0.390 e. The van der Waals surface area contributed by atoms with E-state index in [1.807, 2.05) is 41.5 Å². The maximum atomic E-state index is 13.2. The Morgan fingerprint density at radius 3 is 2.09 bits per heavy atom. The van der Waals surface area contributed by atoms with E-state index in [2.05, 4.69) is 16.8 Å². The van der Waals surface area contributed by atoms with Gasteiger partial charge in [0.05, 0.1) is 11.2 Å². The molecular formula is C16H35N2O3PS. The molecular weight excluding hydrogens is 331 g/mol. The number of nitrogens with zero attached hydrogens (tertiary/aromatic N) is 2. The zero-order chi connectivity index (χ0) is 17.7. The molecule has 0 aromatic rings. The van der Waals surface area contributed by atoms with Crippen molar-refractivity contribution in [2.75, 3.05) is 45.5 Å². The molecule has 0 spiro atoms. The molecule has 0 radical (unpaired) electrons. The standard InChI is InChI=1S/C16H35N2O3PS/c1-8-16(5,6)21-22(19,20-15(2,3)4)23-14-13-18-11-9-17(7)10-12-18/h8-14H2,1-7H3. The van der Waals surface area contributed by atoms with Gasteiger partial charge >= 0.3 is 6.80 Å². The number of rotatable bonds is 8. The highest BCUT2D eigenvalue weighted by atomic mass is 32.7. The van der Waals surface area contributed by atoms with Crippen LogP contribution in [-0.4, -0.2) is 66.5 Å². The molecule has 0 N–H and O–H groups in total. The molecule has 1 aliphatic heterocycles. The minimum Gasteiger partial charge on any atom is -0.304 e. The number of likely N-dealkylation sites (N-methyl/N-ethyl adjacent to an activating group) is 1. The van der Waals surface area contributed by atoms with Crippen molar-refractivity contribution in [3.63, 3.8) is 0 Å². The molecule has 1 saturated heterocycles. The molecule has 0 saturated carbocycles.